The Morgan fingerprint density at radius 1 is 1.42 bits per heavy atom. The maximum Gasteiger partial charge on any atom is 0.328 e. The number of nitrogens with zero attached hydrogens (tertiary/aromatic N) is 2. The van der Waals surface area contributed by atoms with E-state index in [1.54, 1.807) is 17.1 Å². The van der Waals surface area contributed by atoms with Crippen LogP contribution in [0.1, 0.15) is 18.9 Å². The summed E-state index contributed by atoms with van der Waals surface area (Å²) in [7, 11) is 0. The molecule has 2 heterocycles. The van der Waals surface area contributed by atoms with E-state index in [2.05, 4.69) is 10.4 Å². The van der Waals surface area contributed by atoms with Crippen molar-refractivity contribution in [3.63, 3.8) is 0 Å². The topological polar surface area (TPSA) is 93.5 Å². The van der Waals surface area contributed by atoms with Crippen molar-refractivity contribution >= 4 is 17.6 Å². The average molecular weight is 265 g/mol. The van der Waals surface area contributed by atoms with E-state index >= 15 is 0 Å². The number of ether oxygens (including phenoxy) is 1. The van der Waals surface area contributed by atoms with Crippen LogP contribution in [0.3, 0.4) is 0 Å². The van der Waals surface area contributed by atoms with E-state index in [1.807, 2.05) is 0 Å². The number of carbonyl (C=O) groups excluding carboxylic acids is 1. The van der Waals surface area contributed by atoms with E-state index < -0.39 is 11.9 Å². The third-order valence-electron chi connectivity index (χ3n) is 2.81. The SMILES string of the molecule is O=C(O)C=CC(=O)Nc1cnn(C2CCOCC2)c1. The summed E-state index contributed by atoms with van der Waals surface area (Å²) in [5.74, 6) is -1.65. The number of aliphatic carboxylic acids is 1. The lowest BCUT2D eigenvalue weighted by atomic mass is 10.1. The molecule has 0 spiro atoms. The Kier molecular flexibility index (Phi) is 4.30. The first-order valence-corrected chi connectivity index (χ1v) is 5.99. The molecule has 7 nitrogen and oxygen atoms in total. The predicted octanol–water partition coefficient (Wildman–Crippen LogP) is 0.814. The lowest BCUT2D eigenvalue weighted by Gasteiger charge is -2.22. The van der Waals surface area contributed by atoms with Gasteiger partial charge < -0.3 is 15.2 Å². The van der Waals surface area contributed by atoms with E-state index in [9.17, 15) is 9.59 Å². The molecule has 7 heteroatoms. The predicted molar refractivity (Wildman–Crippen MR) is 66.7 cm³/mol. The fourth-order valence-electron chi connectivity index (χ4n) is 1.88. The van der Waals surface area contributed by atoms with Crippen LogP contribution in [0.2, 0.25) is 0 Å². The molecule has 0 aromatic carbocycles. The van der Waals surface area contributed by atoms with E-state index in [0.29, 0.717) is 18.9 Å². The van der Waals surface area contributed by atoms with Crippen molar-refractivity contribution in [2.75, 3.05) is 18.5 Å². The van der Waals surface area contributed by atoms with Crippen LogP contribution in [0.5, 0.6) is 0 Å². The van der Waals surface area contributed by atoms with Crippen molar-refractivity contribution in [2.45, 2.75) is 18.9 Å². The van der Waals surface area contributed by atoms with Gasteiger partial charge in [0, 0.05) is 31.6 Å². The summed E-state index contributed by atoms with van der Waals surface area (Å²) < 4.78 is 7.08. The molecule has 0 bridgehead atoms. The van der Waals surface area contributed by atoms with Crippen LogP contribution in [0.15, 0.2) is 24.5 Å². The van der Waals surface area contributed by atoms with Gasteiger partial charge in [-0.1, -0.05) is 0 Å². The van der Waals surface area contributed by atoms with Gasteiger partial charge in [-0.15, -0.1) is 0 Å². The standard InChI is InChI=1S/C12H15N3O4/c16-11(1-2-12(17)18)14-9-7-13-15(8-9)10-3-5-19-6-4-10/h1-2,7-8,10H,3-6H2,(H,14,16)(H,17,18). The summed E-state index contributed by atoms with van der Waals surface area (Å²) in [4.78, 5) is 21.7. The molecular formula is C12H15N3O4. The van der Waals surface area contributed by atoms with E-state index in [-0.39, 0.29) is 6.04 Å². The molecule has 1 saturated heterocycles. The van der Waals surface area contributed by atoms with Crippen LogP contribution < -0.4 is 5.32 Å². The molecule has 2 rings (SSSR count). The highest BCUT2D eigenvalue weighted by Crippen LogP contribution is 2.21. The number of carbonyl (C=O) groups is 2. The minimum atomic E-state index is -1.16. The molecule has 1 aromatic rings. The first-order valence-electron chi connectivity index (χ1n) is 5.99. The second-order valence-electron chi connectivity index (χ2n) is 4.21. The Labute approximate surface area is 109 Å². The number of aromatic nitrogens is 2. The third-order valence-corrected chi connectivity index (χ3v) is 2.81. The van der Waals surface area contributed by atoms with Crippen molar-refractivity contribution < 1.29 is 19.4 Å². The average Bonchev–Trinajstić information content (AvgIpc) is 2.86. The molecule has 1 aliphatic rings. The van der Waals surface area contributed by atoms with E-state index in [0.717, 1.165) is 25.0 Å². The molecule has 1 aliphatic heterocycles. The number of anilines is 1. The van der Waals surface area contributed by atoms with Gasteiger partial charge in [0.25, 0.3) is 0 Å². The van der Waals surface area contributed by atoms with Gasteiger partial charge in [-0.3, -0.25) is 9.48 Å². The van der Waals surface area contributed by atoms with Crippen molar-refractivity contribution in [1.29, 1.82) is 0 Å². The highest BCUT2D eigenvalue weighted by Gasteiger charge is 2.16. The van der Waals surface area contributed by atoms with Crippen LogP contribution in [-0.4, -0.2) is 40.0 Å². The Bertz CT molecular complexity index is 489. The van der Waals surface area contributed by atoms with E-state index in [1.165, 1.54) is 0 Å². The zero-order chi connectivity index (χ0) is 13.7. The number of hydrogen-bond acceptors (Lipinski definition) is 4. The highest BCUT2D eigenvalue weighted by molar-refractivity contribution is 6.02. The van der Waals surface area contributed by atoms with Gasteiger partial charge in [0.15, 0.2) is 0 Å². The third kappa shape index (κ3) is 3.92. The lowest BCUT2D eigenvalue weighted by molar-refractivity contribution is -0.131. The number of rotatable bonds is 4. The largest absolute Gasteiger partial charge is 0.478 e. The van der Waals surface area contributed by atoms with Crippen LogP contribution in [0.25, 0.3) is 0 Å². The molecule has 0 atom stereocenters. The fourth-order valence-corrected chi connectivity index (χ4v) is 1.88. The molecule has 2 N–H and O–H groups in total. The second kappa shape index (κ2) is 6.14. The monoisotopic (exact) mass is 265 g/mol. The maximum absolute atomic E-state index is 11.4. The van der Waals surface area contributed by atoms with Crippen LogP contribution >= 0.6 is 0 Å². The Balaban J connectivity index is 1.93. The van der Waals surface area contributed by atoms with Crippen LogP contribution in [-0.2, 0) is 14.3 Å². The zero-order valence-electron chi connectivity index (χ0n) is 10.3. The van der Waals surface area contributed by atoms with Gasteiger partial charge in [0.2, 0.25) is 5.91 Å². The molecule has 0 radical (unpaired) electrons. The van der Waals surface area contributed by atoms with Gasteiger partial charge in [-0.25, -0.2) is 4.79 Å². The van der Waals surface area contributed by atoms with Crippen molar-refractivity contribution in [1.82, 2.24) is 9.78 Å². The van der Waals surface area contributed by atoms with E-state index in [4.69, 9.17) is 9.84 Å². The molecule has 1 amide bonds. The molecule has 102 valence electrons. The van der Waals surface area contributed by atoms with Crippen molar-refractivity contribution in [2.24, 2.45) is 0 Å². The summed E-state index contributed by atoms with van der Waals surface area (Å²) >= 11 is 0. The Morgan fingerprint density at radius 3 is 2.84 bits per heavy atom. The number of amides is 1. The molecule has 1 fully saturated rings. The van der Waals surface area contributed by atoms with Gasteiger partial charge in [-0.05, 0) is 12.8 Å². The number of hydrogen-bond donors (Lipinski definition) is 2. The number of carboxylic acid groups (broad SMARTS) is 1. The Hall–Kier alpha value is -2.15. The molecule has 0 aliphatic carbocycles. The Morgan fingerprint density at radius 2 is 2.16 bits per heavy atom. The lowest BCUT2D eigenvalue weighted by Crippen LogP contribution is -2.19. The highest BCUT2D eigenvalue weighted by atomic mass is 16.5. The fraction of sp³-hybridized carbons (Fsp3) is 0.417. The van der Waals surface area contributed by atoms with Gasteiger partial charge in [0.05, 0.1) is 17.9 Å². The smallest absolute Gasteiger partial charge is 0.328 e. The van der Waals surface area contributed by atoms with Gasteiger partial charge in [0.1, 0.15) is 0 Å². The van der Waals surface area contributed by atoms with Crippen molar-refractivity contribution in [3.05, 3.63) is 24.5 Å². The first kappa shape index (κ1) is 13.3. The van der Waals surface area contributed by atoms with Gasteiger partial charge in [-0.2, -0.15) is 5.10 Å². The maximum atomic E-state index is 11.4. The zero-order valence-corrected chi connectivity index (χ0v) is 10.3. The van der Waals surface area contributed by atoms with Crippen LogP contribution in [0.4, 0.5) is 5.69 Å². The second-order valence-corrected chi connectivity index (χ2v) is 4.21. The number of nitrogens with one attached hydrogen (secondary N) is 1. The minimum absolute atomic E-state index is 0.286. The van der Waals surface area contributed by atoms with Gasteiger partial charge >= 0.3 is 5.97 Å². The summed E-state index contributed by atoms with van der Waals surface area (Å²) in [6.07, 6.45) is 6.83. The summed E-state index contributed by atoms with van der Waals surface area (Å²) in [6, 6.07) is 0.286. The molecular weight excluding hydrogens is 250 g/mol. The minimum Gasteiger partial charge on any atom is -0.478 e. The summed E-state index contributed by atoms with van der Waals surface area (Å²) in [6.45, 7) is 1.43. The summed E-state index contributed by atoms with van der Waals surface area (Å²) in [5.41, 5.74) is 0.548. The normalized spacial score (nSPS) is 16.6. The molecule has 1 aromatic heterocycles. The first-order chi connectivity index (χ1) is 9.15. The number of carboxylic acids is 1. The molecule has 19 heavy (non-hydrogen) atoms. The quantitative estimate of drug-likeness (QED) is 0.786. The molecule has 0 saturated carbocycles. The molecule has 0 unspecified atom stereocenters. The van der Waals surface area contributed by atoms with Crippen molar-refractivity contribution in [3.8, 4) is 0 Å². The van der Waals surface area contributed by atoms with Crippen LogP contribution in [0, 0.1) is 0 Å². The summed E-state index contributed by atoms with van der Waals surface area (Å²) in [5, 5.41) is 15.2.